The molecule has 5 heteroatoms. The minimum absolute atomic E-state index is 0.0900. The monoisotopic (exact) mass is 215 g/mol. The fourth-order valence-electron chi connectivity index (χ4n) is 1.28. The quantitative estimate of drug-likeness (QED) is 0.755. The van der Waals surface area contributed by atoms with E-state index in [2.05, 4.69) is 4.98 Å². The molecule has 0 amide bonds. The lowest BCUT2D eigenvalue weighted by Gasteiger charge is -2.18. The Bertz CT molecular complexity index is 411. The summed E-state index contributed by atoms with van der Waals surface area (Å²) in [6.07, 6.45) is 1.63. The number of hydrogen-bond acceptors (Lipinski definition) is 5. The van der Waals surface area contributed by atoms with E-state index in [0.29, 0.717) is 5.82 Å². The van der Waals surface area contributed by atoms with Gasteiger partial charge in [0.2, 0.25) is 0 Å². The Hall–Kier alpha value is -2.11. The van der Waals surface area contributed by atoms with Crippen LogP contribution < -0.4 is 10.6 Å². The summed E-state index contributed by atoms with van der Waals surface area (Å²) >= 11 is 0. The van der Waals surface area contributed by atoms with Crippen molar-refractivity contribution in [2.75, 3.05) is 18.0 Å². The molecule has 0 aliphatic carbocycles. The Morgan fingerprint density at radius 2 is 2.06 bits per heavy atom. The summed E-state index contributed by atoms with van der Waals surface area (Å²) in [4.78, 5) is 5.73. The predicted octanol–water partition coefficient (Wildman–Crippen LogP) is 0.955. The second-order valence-corrected chi connectivity index (χ2v) is 3.41. The number of nitrogens with two attached hydrogens (primary N) is 1. The lowest BCUT2D eigenvalue weighted by atomic mass is 10.1. The fraction of sp³-hybridized carbons (Fsp3) is 0.364. The molecule has 1 unspecified atom stereocenters. The van der Waals surface area contributed by atoms with Gasteiger partial charge in [-0.05, 0) is 24.6 Å². The molecule has 0 spiro atoms. The third-order valence-corrected chi connectivity index (χ3v) is 2.14. The highest BCUT2D eigenvalue weighted by Gasteiger charge is 2.08. The molecule has 5 nitrogen and oxygen atoms in total. The van der Waals surface area contributed by atoms with Gasteiger partial charge in [-0.2, -0.15) is 10.5 Å². The average molecular weight is 215 g/mol. The molecule has 1 aromatic heterocycles. The van der Waals surface area contributed by atoms with Gasteiger partial charge >= 0.3 is 0 Å². The molecule has 1 atom stereocenters. The zero-order chi connectivity index (χ0) is 12.0. The number of pyridine rings is 1. The Balaban J connectivity index is 2.97. The molecule has 1 rings (SSSR count). The highest BCUT2D eigenvalue weighted by molar-refractivity contribution is 5.43. The summed E-state index contributed by atoms with van der Waals surface area (Å²) in [6, 6.07) is 7.55. The molecule has 0 fully saturated rings. The van der Waals surface area contributed by atoms with Crippen LogP contribution in [0, 0.1) is 22.7 Å². The zero-order valence-electron chi connectivity index (χ0n) is 9.09. The van der Waals surface area contributed by atoms with Crippen LogP contribution in [0.2, 0.25) is 0 Å². The van der Waals surface area contributed by atoms with Gasteiger partial charge in [0.15, 0.2) is 0 Å². The van der Waals surface area contributed by atoms with E-state index >= 15 is 0 Å². The Labute approximate surface area is 94.7 Å². The van der Waals surface area contributed by atoms with E-state index in [4.69, 9.17) is 16.3 Å². The number of aromatic nitrogens is 1. The van der Waals surface area contributed by atoms with Gasteiger partial charge in [-0.25, -0.2) is 4.98 Å². The van der Waals surface area contributed by atoms with Crippen LogP contribution in [-0.2, 0) is 0 Å². The maximum atomic E-state index is 8.65. The lowest BCUT2D eigenvalue weighted by Crippen LogP contribution is -2.25. The second kappa shape index (κ2) is 5.69. The van der Waals surface area contributed by atoms with E-state index in [1.807, 2.05) is 25.1 Å². The molecule has 0 saturated heterocycles. The van der Waals surface area contributed by atoms with E-state index in [9.17, 15) is 0 Å². The third-order valence-electron chi connectivity index (χ3n) is 2.14. The first-order valence-electron chi connectivity index (χ1n) is 4.89. The zero-order valence-corrected chi connectivity index (χ0v) is 9.09. The number of rotatable bonds is 4. The molecule has 0 radical (unpaired) electrons. The minimum Gasteiger partial charge on any atom is -0.330 e. The predicted molar refractivity (Wildman–Crippen MR) is 60.3 cm³/mol. The molecule has 2 N–H and O–H groups in total. The smallest absolute Gasteiger partial charge is 0.130 e. The fourth-order valence-corrected chi connectivity index (χ4v) is 1.28. The molecule has 0 saturated carbocycles. The first kappa shape index (κ1) is 12.0. The van der Waals surface area contributed by atoms with Crippen molar-refractivity contribution in [3.05, 3.63) is 23.9 Å². The number of nitriles is 2. The normalized spacial score (nSPS) is 11.2. The summed E-state index contributed by atoms with van der Waals surface area (Å²) in [6.45, 7) is 2.16. The van der Waals surface area contributed by atoms with E-state index in [1.165, 1.54) is 0 Å². The maximum absolute atomic E-state index is 8.65. The molecule has 0 aliphatic heterocycles. The number of nitrogens with zero attached hydrogens (tertiary/aromatic N) is 4. The van der Waals surface area contributed by atoms with E-state index in [-0.39, 0.29) is 19.1 Å². The summed E-state index contributed by atoms with van der Waals surface area (Å²) < 4.78 is 0. The molecule has 0 bridgehead atoms. The maximum Gasteiger partial charge on any atom is 0.130 e. The SMILES string of the molecule is CC(N)c1ccnc(N(CC#N)CC#N)c1. The van der Waals surface area contributed by atoms with Gasteiger partial charge in [0.25, 0.3) is 0 Å². The highest BCUT2D eigenvalue weighted by Crippen LogP contribution is 2.16. The van der Waals surface area contributed by atoms with Crippen LogP contribution in [0.25, 0.3) is 0 Å². The molecule has 0 aliphatic rings. The van der Waals surface area contributed by atoms with Crippen LogP contribution in [-0.4, -0.2) is 18.1 Å². The first-order valence-corrected chi connectivity index (χ1v) is 4.89. The van der Waals surface area contributed by atoms with Gasteiger partial charge in [0, 0.05) is 12.2 Å². The summed E-state index contributed by atoms with van der Waals surface area (Å²) in [5.74, 6) is 0.609. The molecule has 16 heavy (non-hydrogen) atoms. The molecule has 82 valence electrons. The topological polar surface area (TPSA) is 89.7 Å². The Morgan fingerprint density at radius 1 is 1.44 bits per heavy atom. The van der Waals surface area contributed by atoms with Crippen molar-refractivity contribution in [3.63, 3.8) is 0 Å². The van der Waals surface area contributed by atoms with Crippen molar-refractivity contribution >= 4 is 5.82 Å². The van der Waals surface area contributed by atoms with Gasteiger partial charge in [-0.1, -0.05) is 0 Å². The minimum atomic E-state index is -0.0900. The van der Waals surface area contributed by atoms with Gasteiger partial charge in [-0.15, -0.1) is 0 Å². The van der Waals surface area contributed by atoms with Gasteiger partial charge in [0.1, 0.15) is 18.9 Å². The van der Waals surface area contributed by atoms with E-state index in [1.54, 1.807) is 17.2 Å². The first-order chi connectivity index (χ1) is 7.69. The van der Waals surface area contributed by atoms with Crippen LogP contribution in [0.15, 0.2) is 18.3 Å². The highest BCUT2D eigenvalue weighted by atomic mass is 15.2. The van der Waals surface area contributed by atoms with Crippen molar-refractivity contribution in [1.29, 1.82) is 10.5 Å². The van der Waals surface area contributed by atoms with E-state index < -0.39 is 0 Å². The average Bonchev–Trinajstić information content (AvgIpc) is 2.29. The Morgan fingerprint density at radius 3 is 2.56 bits per heavy atom. The van der Waals surface area contributed by atoms with Crippen LogP contribution in [0.3, 0.4) is 0 Å². The summed E-state index contributed by atoms with van der Waals surface area (Å²) in [5.41, 5.74) is 6.69. The van der Waals surface area contributed by atoms with Crippen LogP contribution >= 0.6 is 0 Å². The van der Waals surface area contributed by atoms with Crippen molar-refractivity contribution in [1.82, 2.24) is 4.98 Å². The third kappa shape index (κ3) is 2.94. The number of anilines is 1. The molecule has 1 heterocycles. The van der Waals surface area contributed by atoms with Crippen LogP contribution in [0.5, 0.6) is 0 Å². The van der Waals surface area contributed by atoms with Gasteiger partial charge < -0.3 is 10.6 Å². The molecule has 0 aromatic carbocycles. The van der Waals surface area contributed by atoms with Crippen molar-refractivity contribution in [2.45, 2.75) is 13.0 Å². The molecule has 1 aromatic rings. The summed E-state index contributed by atoms with van der Waals surface area (Å²) in [7, 11) is 0. The Kier molecular flexibility index (Phi) is 4.26. The van der Waals surface area contributed by atoms with Gasteiger partial charge in [0.05, 0.1) is 12.1 Å². The van der Waals surface area contributed by atoms with Crippen LogP contribution in [0.4, 0.5) is 5.82 Å². The standard InChI is InChI=1S/C11H13N5/c1-9(14)10-2-5-15-11(8-10)16(6-3-12)7-4-13/h2,5,8-9H,6-7,14H2,1H3. The lowest BCUT2D eigenvalue weighted by molar-refractivity contribution is 0.811. The number of hydrogen-bond donors (Lipinski definition) is 1. The van der Waals surface area contributed by atoms with E-state index in [0.717, 1.165) is 5.56 Å². The van der Waals surface area contributed by atoms with Crippen LogP contribution in [0.1, 0.15) is 18.5 Å². The van der Waals surface area contributed by atoms with Gasteiger partial charge in [-0.3, -0.25) is 0 Å². The largest absolute Gasteiger partial charge is 0.330 e. The second-order valence-electron chi connectivity index (χ2n) is 3.41. The molecular weight excluding hydrogens is 202 g/mol. The molecular formula is C11H13N5. The van der Waals surface area contributed by atoms with Crippen molar-refractivity contribution in [2.24, 2.45) is 5.73 Å². The van der Waals surface area contributed by atoms with Crippen molar-refractivity contribution < 1.29 is 0 Å². The van der Waals surface area contributed by atoms with Crippen molar-refractivity contribution in [3.8, 4) is 12.1 Å². The summed E-state index contributed by atoms with van der Waals surface area (Å²) in [5, 5.41) is 17.3.